The molecule has 81 valence electrons. The van der Waals surface area contributed by atoms with Crippen molar-refractivity contribution >= 4 is 27.0 Å². The van der Waals surface area contributed by atoms with Crippen LogP contribution in [0, 0.1) is 0 Å². The molecule has 0 aromatic heterocycles. The molecule has 0 N–H and O–H groups in total. The van der Waals surface area contributed by atoms with Gasteiger partial charge in [0, 0.05) is 0 Å². The SMILES string of the molecule is CCO[PH](OCC)(OCC)[Cu][I]. The van der Waals surface area contributed by atoms with Crippen molar-refractivity contribution in [3.63, 3.8) is 0 Å². The molecule has 0 saturated carbocycles. The molecule has 0 unspecified atom stereocenters. The Morgan fingerprint density at radius 2 is 1.33 bits per heavy atom. The molecule has 0 aliphatic rings. The van der Waals surface area contributed by atoms with Crippen molar-refractivity contribution in [2.75, 3.05) is 19.8 Å². The van der Waals surface area contributed by atoms with Crippen LogP contribution >= 0.6 is 27.0 Å². The van der Waals surface area contributed by atoms with Gasteiger partial charge in [-0.05, 0) is 0 Å². The van der Waals surface area contributed by atoms with Crippen molar-refractivity contribution in [2.45, 2.75) is 20.8 Å². The maximum absolute atomic E-state index is 5.50. The fourth-order valence-corrected chi connectivity index (χ4v) is 7.15. The molecule has 0 fully saturated rings. The summed E-state index contributed by atoms with van der Waals surface area (Å²) in [5.41, 5.74) is 0. The fourth-order valence-electron chi connectivity index (χ4n) is 0.658. The third-order valence-electron chi connectivity index (χ3n) is 0.987. The zero-order valence-corrected chi connectivity index (χ0v) is 11.6. The second-order valence-electron chi connectivity index (χ2n) is 1.79. The zero-order chi connectivity index (χ0) is 9.45. The van der Waals surface area contributed by atoms with Crippen molar-refractivity contribution in [3.8, 4) is 0 Å². The molecule has 12 heavy (non-hydrogen) atoms. The summed E-state index contributed by atoms with van der Waals surface area (Å²) in [6.07, 6.45) is 0. The maximum atomic E-state index is 5.50. The van der Waals surface area contributed by atoms with Gasteiger partial charge in [-0.1, -0.05) is 0 Å². The van der Waals surface area contributed by atoms with Crippen molar-refractivity contribution in [1.29, 1.82) is 0 Å². The van der Waals surface area contributed by atoms with Crippen LogP contribution in [0.2, 0.25) is 0 Å². The van der Waals surface area contributed by atoms with E-state index in [1.807, 2.05) is 20.8 Å². The van der Waals surface area contributed by atoms with Gasteiger partial charge in [-0.15, -0.1) is 0 Å². The average Bonchev–Trinajstić information content (AvgIpc) is 2.06. The van der Waals surface area contributed by atoms with E-state index in [-0.39, 0.29) is 0 Å². The second-order valence-corrected chi connectivity index (χ2v) is 9.93. The van der Waals surface area contributed by atoms with Crippen LogP contribution in [-0.2, 0) is 24.8 Å². The number of rotatable bonds is 7. The molecule has 0 saturated heterocycles. The van der Waals surface area contributed by atoms with E-state index in [1.54, 1.807) is 11.3 Å². The summed E-state index contributed by atoms with van der Waals surface area (Å²) < 4.78 is 16.5. The van der Waals surface area contributed by atoms with E-state index in [9.17, 15) is 0 Å². The summed E-state index contributed by atoms with van der Waals surface area (Å²) in [6.45, 7) is 5.39. The minimum absolute atomic E-state index is 0.638. The van der Waals surface area contributed by atoms with Crippen molar-refractivity contribution in [1.82, 2.24) is 0 Å². The first-order valence-corrected chi connectivity index (χ1v) is 9.84. The normalized spacial score (nSPS) is 13.7. The molecule has 0 aliphatic carbocycles. The second kappa shape index (κ2) is 7.92. The summed E-state index contributed by atoms with van der Waals surface area (Å²) in [7, 11) is 0. The van der Waals surface area contributed by atoms with E-state index in [0.717, 1.165) is 0 Å². The number of hydrogen-bond acceptors (Lipinski definition) is 3. The predicted molar refractivity (Wildman–Crippen MR) is 57.2 cm³/mol. The number of halogens is 1. The molecule has 0 bridgehead atoms. The van der Waals surface area contributed by atoms with Crippen LogP contribution in [0.1, 0.15) is 20.8 Å². The Hall–Kier alpha value is 1.56. The summed E-state index contributed by atoms with van der Waals surface area (Å²) in [4.78, 5) is 0. The van der Waals surface area contributed by atoms with Gasteiger partial charge in [-0.3, -0.25) is 0 Å². The molecule has 6 heteroatoms. The van der Waals surface area contributed by atoms with E-state index in [0.29, 0.717) is 19.8 Å². The first kappa shape index (κ1) is 13.6. The standard InChI is InChI=1S/C6H16O3P.Cu.HI/c1-4-7-10(8-5-2)9-6-3;;/h10H,4-6H2,1-3H3;;1H/q+1;;/p-1. The monoisotopic (exact) mass is 357 g/mol. The number of hydrogen-bond donors (Lipinski definition) is 0. The van der Waals surface area contributed by atoms with Gasteiger partial charge in [0.2, 0.25) is 0 Å². The summed E-state index contributed by atoms with van der Waals surface area (Å²) in [5, 5.41) is 0. The molecular formula is C6H16CuIO3P. The van der Waals surface area contributed by atoms with E-state index < -0.39 is 6.63 Å². The molecule has 0 rings (SSSR count). The minimum atomic E-state index is -2.38. The van der Waals surface area contributed by atoms with Crippen LogP contribution in [0.25, 0.3) is 0 Å². The molecule has 0 aliphatic heterocycles. The molecule has 0 atom stereocenters. The van der Waals surface area contributed by atoms with Gasteiger partial charge in [0.15, 0.2) is 0 Å². The third kappa shape index (κ3) is 4.70. The van der Waals surface area contributed by atoms with Gasteiger partial charge in [-0.25, -0.2) is 0 Å². The van der Waals surface area contributed by atoms with E-state index in [2.05, 4.69) is 20.3 Å². The van der Waals surface area contributed by atoms with Gasteiger partial charge in [0.25, 0.3) is 0 Å². The predicted octanol–water partition coefficient (Wildman–Crippen LogP) is 2.94. The first-order chi connectivity index (χ1) is 5.74. The Labute approximate surface area is 92.0 Å². The molecule has 0 aromatic carbocycles. The van der Waals surface area contributed by atoms with Crippen LogP contribution in [0.3, 0.4) is 0 Å². The third-order valence-corrected chi connectivity index (χ3v) is 9.77. The Bertz CT molecular complexity index is 99.9. The average molecular weight is 358 g/mol. The first-order valence-electron chi connectivity index (χ1n) is 3.86. The zero-order valence-electron chi connectivity index (χ0n) is 7.53. The topological polar surface area (TPSA) is 27.7 Å². The Morgan fingerprint density at radius 1 is 1.00 bits per heavy atom. The van der Waals surface area contributed by atoms with Crippen molar-refractivity contribution < 1.29 is 24.8 Å². The van der Waals surface area contributed by atoms with Gasteiger partial charge < -0.3 is 0 Å². The molecule has 3 nitrogen and oxygen atoms in total. The van der Waals surface area contributed by atoms with Crippen molar-refractivity contribution in [3.05, 3.63) is 0 Å². The quantitative estimate of drug-likeness (QED) is 0.398. The van der Waals surface area contributed by atoms with E-state index in [1.165, 1.54) is 0 Å². The van der Waals surface area contributed by atoms with E-state index >= 15 is 0 Å². The Morgan fingerprint density at radius 3 is 1.50 bits per heavy atom. The van der Waals surface area contributed by atoms with Crippen LogP contribution in [0.4, 0.5) is 0 Å². The molecule has 0 amide bonds. The van der Waals surface area contributed by atoms with Gasteiger partial charge in [0.1, 0.15) is 0 Å². The Kier molecular flexibility index (Phi) is 8.95. The van der Waals surface area contributed by atoms with Crippen LogP contribution < -0.4 is 0 Å². The van der Waals surface area contributed by atoms with E-state index in [4.69, 9.17) is 13.6 Å². The molecular weight excluding hydrogens is 341 g/mol. The van der Waals surface area contributed by atoms with Gasteiger partial charge in [0.05, 0.1) is 0 Å². The van der Waals surface area contributed by atoms with Crippen LogP contribution in [-0.4, -0.2) is 19.8 Å². The summed E-state index contributed by atoms with van der Waals surface area (Å²) in [6, 6.07) is 0. The molecule has 0 heterocycles. The molecule has 0 radical (unpaired) electrons. The fraction of sp³-hybridized carbons (Fsp3) is 1.00. The Balaban J connectivity index is 4.06. The summed E-state index contributed by atoms with van der Waals surface area (Å²) in [5.74, 6) is 0. The molecule has 0 spiro atoms. The summed E-state index contributed by atoms with van der Waals surface area (Å²) >= 11 is 3.79. The van der Waals surface area contributed by atoms with Gasteiger partial charge in [-0.2, -0.15) is 0 Å². The van der Waals surface area contributed by atoms with Gasteiger partial charge >= 0.3 is 92.4 Å². The molecule has 0 aromatic rings. The van der Waals surface area contributed by atoms with Crippen LogP contribution in [0.5, 0.6) is 0 Å². The van der Waals surface area contributed by atoms with Crippen molar-refractivity contribution in [2.24, 2.45) is 0 Å². The van der Waals surface area contributed by atoms with Crippen LogP contribution in [0.15, 0.2) is 0 Å².